The molecule has 2 N–H and O–H groups in total. The van der Waals surface area contributed by atoms with Gasteiger partial charge < -0.3 is 10.6 Å². The smallest absolute Gasteiger partial charge is 0.389 e. The van der Waals surface area contributed by atoms with E-state index >= 15 is 0 Å². The van der Waals surface area contributed by atoms with Crippen molar-refractivity contribution >= 4 is 38.8 Å². The third-order valence-electron chi connectivity index (χ3n) is 2.42. The van der Waals surface area contributed by atoms with Crippen molar-refractivity contribution in [3.63, 3.8) is 0 Å². The molecule has 0 atom stereocenters. The minimum absolute atomic E-state index is 0.0231. The average Bonchev–Trinajstić information content (AvgIpc) is 2.28. The van der Waals surface area contributed by atoms with Crippen molar-refractivity contribution in [1.29, 1.82) is 0 Å². The summed E-state index contributed by atoms with van der Waals surface area (Å²) in [6.45, 7) is 0.315. The molecule has 1 rings (SSSR count). The Hall–Kier alpha value is -0.890. The minimum Gasteiger partial charge on any atom is -0.389 e. The molecular formula is C11H11BrF4N2S. The highest BCUT2D eigenvalue weighted by Crippen LogP contribution is 2.31. The molecule has 0 amide bonds. The van der Waals surface area contributed by atoms with E-state index in [1.54, 1.807) is 0 Å². The van der Waals surface area contributed by atoms with Crippen LogP contribution in [0.25, 0.3) is 0 Å². The quantitative estimate of drug-likeness (QED) is 0.658. The zero-order valence-electron chi connectivity index (χ0n) is 9.89. The molecule has 0 bridgehead atoms. The number of hydrogen-bond donors (Lipinski definition) is 1. The maximum atomic E-state index is 14.1. The molecule has 0 fully saturated rings. The Kier molecular flexibility index (Phi) is 5.14. The molecule has 0 aromatic heterocycles. The van der Waals surface area contributed by atoms with Crippen LogP contribution < -0.4 is 10.6 Å². The summed E-state index contributed by atoms with van der Waals surface area (Å²) in [6.07, 6.45) is -4.41. The van der Waals surface area contributed by atoms with Crippen LogP contribution in [0.5, 0.6) is 0 Å². The van der Waals surface area contributed by atoms with Gasteiger partial charge in [-0.15, -0.1) is 0 Å². The highest BCUT2D eigenvalue weighted by molar-refractivity contribution is 9.10. The summed E-state index contributed by atoms with van der Waals surface area (Å²) in [6, 6.07) is 2.63. The van der Waals surface area contributed by atoms with Gasteiger partial charge in [-0.3, -0.25) is 0 Å². The molecule has 1 aromatic carbocycles. The van der Waals surface area contributed by atoms with Crippen LogP contribution in [0.3, 0.4) is 0 Å². The lowest BCUT2D eigenvalue weighted by atomic mass is 10.2. The van der Waals surface area contributed by atoms with Crippen LogP contribution in [-0.4, -0.2) is 24.3 Å². The third-order valence-corrected chi connectivity index (χ3v) is 3.42. The van der Waals surface area contributed by atoms with Gasteiger partial charge in [-0.05, 0) is 35.0 Å². The molecule has 19 heavy (non-hydrogen) atoms. The van der Waals surface area contributed by atoms with Crippen molar-refractivity contribution in [3.05, 3.63) is 28.0 Å². The first-order valence-electron chi connectivity index (χ1n) is 5.27. The van der Waals surface area contributed by atoms with E-state index in [1.807, 2.05) is 0 Å². The highest BCUT2D eigenvalue weighted by Gasteiger charge is 2.31. The molecule has 0 saturated heterocycles. The molecule has 0 unspecified atom stereocenters. The van der Waals surface area contributed by atoms with Crippen LogP contribution >= 0.6 is 28.1 Å². The molecule has 8 heteroatoms. The summed E-state index contributed by atoms with van der Waals surface area (Å²) < 4.78 is 51.2. The fraction of sp³-hybridized carbons (Fsp3) is 0.364. The van der Waals surface area contributed by atoms with E-state index in [4.69, 9.17) is 18.0 Å². The molecular weight excluding hydrogens is 348 g/mol. The number of anilines is 1. The van der Waals surface area contributed by atoms with Crippen molar-refractivity contribution in [2.75, 3.05) is 18.0 Å². The fourth-order valence-corrected chi connectivity index (χ4v) is 2.41. The number of alkyl halides is 3. The van der Waals surface area contributed by atoms with Gasteiger partial charge in [0.1, 0.15) is 11.5 Å². The second-order valence-corrected chi connectivity index (χ2v) is 4.99. The molecule has 2 nitrogen and oxygen atoms in total. The Morgan fingerprint density at radius 1 is 1.42 bits per heavy atom. The Bertz CT molecular complexity index is 490. The van der Waals surface area contributed by atoms with Crippen LogP contribution in [0.4, 0.5) is 23.2 Å². The second-order valence-electron chi connectivity index (χ2n) is 3.75. The van der Waals surface area contributed by atoms with E-state index < -0.39 is 18.5 Å². The largest absolute Gasteiger partial charge is 0.405 e. The van der Waals surface area contributed by atoms with Crippen molar-refractivity contribution in [2.24, 2.45) is 5.73 Å². The van der Waals surface area contributed by atoms with Gasteiger partial charge in [-0.1, -0.05) is 12.2 Å². The van der Waals surface area contributed by atoms with Crippen LogP contribution in [0.15, 0.2) is 16.6 Å². The van der Waals surface area contributed by atoms with Crippen molar-refractivity contribution < 1.29 is 17.6 Å². The normalized spacial score (nSPS) is 11.5. The van der Waals surface area contributed by atoms with Crippen LogP contribution in [0.2, 0.25) is 0 Å². The Labute approximate surface area is 121 Å². The Morgan fingerprint density at radius 2 is 2.00 bits per heavy atom. The number of benzene rings is 1. The summed E-state index contributed by atoms with van der Waals surface area (Å²) in [7, 11) is 0. The predicted octanol–water partition coefficient (Wildman–Crippen LogP) is 3.61. The lowest BCUT2D eigenvalue weighted by Crippen LogP contribution is -2.34. The number of thiocarbonyl (C=S) groups is 1. The minimum atomic E-state index is -4.41. The maximum absolute atomic E-state index is 14.1. The molecule has 0 heterocycles. The number of hydrogen-bond acceptors (Lipinski definition) is 2. The molecule has 0 radical (unpaired) electrons. The van der Waals surface area contributed by atoms with Gasteiger partial charge in [0.15, 0.2) is 5.82 Å². The number of nitrogens with two attached hydrogens (primary N) is 1. The maximum Gasteiger partial charge on any atom is 0.405 e. The van der Waals surface area contributed by atoms with Crippen LogP contribution in [0.1, 0.15) is 12.5 Å². The van der Waals surface area contributed by atoms with E-state index in [9.17, 15) is 17.6 Å². The fourth-order valence-electron chi connectivity index (χ4n) is 1.56. The second kappa shape index (κ2) is 6.04. The first-order chi connectivity index (χ1) is 8.67. The summed E-state index contributed by atoms with van der Waals surface area (Å²) in [5, 5.41) is 0. The molecule has 0 saturated carbocycles. The SMILES string of the molecule is CCN(CC(F)(F)F)c1ccc(C(N)=S)c(Br)c1F. The standard InChI is InChI=1S/C11H11BrF4N2S/c1-2-18(5-11(14,15)16)7-4-3-6(10(17)19)8(12)9(7)13/h3-4H,2,5H2,1H3,(H2,17,19). The summed E-state index contributed by atoms with van der Waals surface area (Å²) >= 11 is 7.68. The molecule has 0 aliphatic heterocycles. The van der Waals surface area contributed by atoms with E-state index in [0.717, 1.165) is 4.90 Å². The monoisotopic (exact) mass is 358 g/mol. The van der Waals surface area contributed by atoms with Gasteiger partial charge in [0.05, 0.1) is 10.2 Å². The average molecular weight is 359 g/mol. The predicted molar refractivity (Wildman–Crippen MR) is 73.9 cm³/mol. The zero-order chi connectivity index (χ0) is 14.8. The van der Waals surface area contributed by atoms with Crippen molar-refractivity contribution in [2.45, 2.75) is 13.1 Å². The van der Waals surface area contributed by atoms with Gasteiger partial charge in [0.2, 0.25) is 0 Å². The lowest BCUT2D eigenvalue weighted by Gasteiger charge is -2.25. The van der Waals surface area contributed by atoms with E-state index in [-0.39, 0.29) is 27.3 Å². The van der Waals surface area contributed by atoms with Gasteiger partial charge in [-0.2, -0.15) is 13.2 Å². The highest BCUT2D eigenvalue weighted by atomic mass is 79.9. The topological polar surface area (TPSA) is 29.3 Å². The number of halogens is 5. The van der Waals surface area contributed by atoms with E-state index in [0.29, 0.717) is 0 Å². The van der Waals surface area contributed by atoms with Gasteiger partial charge in [0, 0.05) is 12.1 Å². The molecule has 1 aromatic rings. The number of nitrogens with zero attached hydrogens (tertiary/aromatic N) is 1. The third kappa shape index (κ3) is 4.04. The summed E-state index contributed by atoms with van der Waals surface area (Å²) in [5.41, 5.74) is 5.49. The van der Waals surface area contributed by atoms with Crippen molar-refractivity contribution in [3.8, 4) is 0 Å². The van der Waals surface area contributed by atoms with Gasteiger partial charge >= 0.3 is 6.18 Å². The first-order valence-corrected chi connectivity index (χ1v) is 6.47. The van der Waals surface area contributed by atoms with Crippen molar-refractivity contribution in [1.82, 2.24) is 0 Å². The summed E-state index contributed by atoms with van der Waals surface area (Å²) in [5.74, 6) is -0.809. The Balaban J connectivity index is 3.20. The number of rotatable bonds is 4. The molecule has 106 valence electrons. The zero-order valence-corrected chi connectivity index (χ0v) is 12.3. The van der Waals surface area contributed by atoms with Gasteiger partial charge in [-0.25, -0.2) is 4.39 Å². The molecule has 0 spiro atoms. The summed E-state index contributed by atoms with van der Waals surface area (Å²) in [4.78, 5) is 0.861. The van der Waals surface area contributed by atoms with Gasteiger partial charge in [0.25, 0.3) is 0 Å². The Morgan fingerprint density at radius 3 is 2.42 bits per heavy atom. The lowest BCUT2D eigenvalue weighted by molar-refractivity contribution is -0.119. The van der Waals surface area contributed by atoms with Crippen LogP contribution in [0, 0.1) is 5.82 Å². The van der Waals surface area contributed by atoms with Crippen LogP contribution in [-0.2, 0) is 0 Å². The molecule has 0 aliphatic carbocycles. The first kappa shape index (κ1) is 16.2. The van der Waals surface area contributed by atoms with E-state index in [1.165, 1.54) is 19.1 Å². The van der Waals surface area contributed by atoms with E-state index in [2.05, 4.69) is 15.9 Å². The molecule has 0 aliphatic rings.